The highest BCUT2D eigenvalue weighted by molar-refractivity contribution is 6.70. The third kappa shape index (κ3) is 4.97. The molecule has 0 heterocycles. The number of allylic oxidation sites excluding steroid dienone is 2. The molecule has 1 aliphatic rings. The monoisotopic (exact) mass is 240 g/mol. The van der Waals surface area contributed by atoms with E-state index >= 15 is 0 Å². The van der Waals surface area contributed by atoms with E-state index in [1.54, 1.807) is 13.0 Å². The fraction of sp³-hybridized carbons (Fsp3) is 0.769. The molecule has 0 amide bonds. The third-order valence-electron chi connectivity index (χ3n) is 2.78. The van der Waals surface area contributed by atoms with Gasteiger partial charge in [-0.15, -0.1) is 0 Å². The Labute approximate surface area is 100 Å². The van der Waals surface area contributed by atoms with Crippen LogP contribution in [0.2, 0.25) is 19.6 Å². The average molecular weight is 240 g/mol. The molecule has 3 heteroatoms. The van der Waals surface area contributed by atoms with Crippen molar-refractivity contribution in [3.63, 3.8) is 0 Å². The van der Waals surface area contributed by atoms with Crippen molar-refractivity contribution in [2.75, 3.05) is 0 Å². The molecule has 0 aromatic rings. The van der Waals surface area contributed by atoms with Crippen LogP contribution in [0.5, 0.6) is 0 Å². The van der Waals surface area contributed by atoms with Crippen molar-refractivity contribution in [1.82, 2.24) is 0 Å². The predicted octanol–water partition coefficient (Wildman–Crippen LogP) is 3.89. The van der Waals surface area contributed by atoms with Crippen molar-refractivity contribution >= 4 is 14.1 Å². The van der Waals surface area contributed by atoms with Gasteiger partial charge >= 0.3 is 0 Å². The van der Waals surface area contributed by atoms with Crippen LogP contribution in [0.15, 0.2) is 11.8 Å². The van der Waals surface area contributed by atoms with Gasteiger partial charge in [0.15, 0.2) is 5.78 Å². The van der Waals surface area contributed by atoms with Gasteiger partial charge in [0.1, 0.15) is 0 Å². The smallest absolute Gasteiger partial charge is 0.241 e. The van der Waals surface area contributed by atoms with Crippen LogP contribution >= 0.6 is 0 Å². The van der Waals surface area contributed by atoms with E-state index < -0.39 is 8.32 Å². The molecule has 1 fully saturated rings. The summed E-state index contributed by atoms with van der Waals surface area (Å²) in [5.74, 6) is 1.56. The Morgan fingerprint density at radius 3 is 2.19 bits per heavy atom. The molecule has 0 radical (unpaired) electrons. The molecule has 1 rings (SSSR count). The van der Waals surface area contributed by atoms with Crippen LogP contribution in [0.25, 0.3) is 0 Å². The van der Waals surface area contributed by atoms with E-state index in [4.69, 9.17) is 4.43 Å². The highest BCUT2D eigenvalue weighted by atomic mass is 28.4. The zero-order chi connectivity index (χ0) is 12.2. The molecule has 0 bridgehead atoms. The van der Waals surface area contributed by atoms with Gasteiger partial charge < -0.3 is 4.43 Å². The van der Waals surface area contributed by atoms with Gasteiger partial charge in [-0.3, -0.25) is 4.79 Å². The first-order valence-electron chi connectivity index (χ1n) is 6.29. The lowest BCUT2D eigenvalue weighted by Crippen LogP contribution is -2.28. The number of carbonyl (C=O) groups is 1. The maximum Gasteiger partial charge on any atom is 0.241 e. The second kappa shape index (κ2) is 5.67. The second-order valence-electron chi connectivity index (χ2n) is 5.71. The Morgan fingerprint density at radius 1 is 1.19 bits per heavy atom. The summed E-state index contributed by atoms with van der Waals surface area (Å²) in [7, 11) is -1.59. The largest absolute Gasteiger partial charge is 0.547 e. The molecule has 0 spiro atoms. The number of hydrogen-bond acceptors (Lipinski definition) is 2. The zero-order valence-corrected chi connectivity index (χ0v) is 12.0. The molecule has 0 unspecified atom stereocenters. The van der Waals surface area contributed by atoms with Crippen molar-refractivity contribution < 1.29 is 9.22 Å². The average Bonchev–Trinajstić information content (AvgIpc) is 2.15. The highest BCUT2D eigenvalue weighted by Gasteiger charge is 2.25. The molecule has 92 valence electrons. The van der Waals surface area contributed by atoms with Gasteiger partial charge in [-0.2, -0.15) is 0 Å². The standard InChI is InChI=1S/C13H24O2Si/c1-11(14)10-13(15-16(2,3)4)12-8-6-5-7-9-12/h10,12H,5-9H2,1-4H3. The Kier molecular flexibility index (Phi) is 4.78. The zero-order valence-electron chi connectivity index (χ0n) is 11.0. The lowest BCUT2D eigenvalue weighted by Gasteiger charge is -2.29. The van der Waals surface area contributed by atoms with Crippen molar-refractivity contribution in [3.05, 3.63) is 11.8 Å². The van der Waals surface area contributed by atoms with Crippen LogP contribution in [0.4, 0.5) is 0 Å². The fourth-order valence-electron chi connectivity index (χ4n) is 2.17. The molecule has 0 atom stereocenters. The van der Waals surface area contributed by atoms with Crippen LogP contribution in [-0.2, 0) is 9.22 Å². The van der Waals surface area contributed by atoms with Gasteiger partial charge in [0.2, 0.25) is 8.32 Å². The highest BCUT2D eigenvalue weighted by Crippen LogP contribution is 2.31. The number of carbonyl (C=O) groups excluding carboxylic acids is 1. The molecule has 2 nitrogen and oxygen atoms in total. The molecule has 0 saturated heterocycles. The number of rotatable bonds is 4. The van der Waals surface area contributed by atoms with E-state index in [-0.39, 0.29) is 5.78 Å². The lowest BCUT2D eigenvalue weighted by molar-refractivity contribution is -0.112. The van der Waals surface area contributed by atoms with E-state index in [0.717, 1.165) is 5.76 Å². The van der Waals surface area contributed by atoms with Crippen molar-refractivity contribution in [1.29, 1.82) is 0 Å². The molecule has 0 aromatic heterocycles. The molecular weight excluding hydrogens is 216 g/mol. The first-order chi connectivity index (χ1) is 7.38. The summed E-state index contributed by atoms with van der Waals surface area (Å²) < 4.78 is 6.07. The van der Waals surface area contributed by atoms with E-state index in [0.29, 0.717) is 5.92 Å². The molecular formula is C13H24O2Si. The lowest BCUT2D eigenvalue weighted by atomic mass is 9.87. The summed E-state index contributed by atoms with van der Waals surface area (Å²) in [6.45, 7) is 8.12. The second-order valence-corrected chi connectivity index (χ2v) is 10.1. The van der Waals surface area contributed by atoms with E-state index in [1.807, 2.05) is 0 Å². The van der Waals surface area contributed by atoms with Gasteiger partial charge in [0.25, 0.3) is 0 Å². The minimum atomic E-state index is -1.59. The molecule has 0 aromatic carbocycles. The normalized spacial score (nSPS) is 19.6. The van der Waals surface area contributed by atoms with Crippen LogP contribution in [0.3, 0.4) is 0 Å². The first-order valence-corrected chi connectivity index (χ1v) is 9.70. The SMILES string of the molecule is CC(=O)C=C(O[Si](C)(C)C)C1CCCCC1. The van der Waals surface area contributed by atoms with Gasteiger partial charge in [-0.25, -0.2) is 0 Å². The summed E-state index contributed by atoms with van der Waals surface area (Å²) in [5.41, 5.74) is 0. The molecule has 0 N–H and O–H groups in total. The summed E-state index contributed by atoms with van der Waals surface area (Å²) >= 11 is 0. The maximum atomic E-state index is 11.2. The van der Waals surface area contributed by atoms with E-state index in [9.17, 15) is 4.79 Å². The van der Waals surface area contributed by atoms with Gasteiger partial charge in [0.05, 0.1) is 5.76 Å². The minimum absolute atomic E-state index is 0.110. The van der Waals surface area contributed by atoms with Crippen LogP contribution in [0.1, 0.15) is 39.0 Å². The Hall–Kier alpha value is -0.573. The summed E-state index contributed by atoms with van der Waals surface area (Å²) in [5, 5.41) is 0. The summed E-state index contributed by atoms with van der Waals surface area (Å²) in [6.07, 6.45) is 7.96. The van der Waals surface area contributed by atoms with Gasteiger partial charge in [-0.1, -0.05) is 19.3 Å². The summed E-state index contributed by atoms with van der Waals surface area (Å²) in [6, 6.07) is 0. The Morgan fingerprint density at radius 2 is 1.75 bits per heavy atom. The molecule has 1 saturated carbocycles. The number of hydrogen-bond donors (Lipinski definition) is 0. The Balaban J connectivity index is 2.74. The van der Waals surface area contributed by atoms with Gasteiger partial charge in [-0.05, 0) is 39.4 Å². The van der Waals surface area contributed by atoms with Crippen LogP contribution in [-0.4, -0.2) is 14.1 Å². The quantitative estimate of drug-likeness (QED) is 0.423. The molecule has 16 heavy (non-hydrogen) atoms. The maximum absolute atomic E-state index is 11.2. The Bertz CT molecular complexity index is 270. The molecule has 0 aliphatic heterocycles. The van der Waals surface area contributed by atoms with Crippen molar-refractivity contribution in [2.24, 2.45) is 5.92 Å². The topological polar surface area (TPSA) is 26.3 Å². The van der Waals surface area contributed by atoms with Crippen LogP contribution in [0, 0.1) is 5.92 Å². The van der Waals surface area contributed by atoms with Crippen LogP contribution < -0.4 is 0 Å². The summed E-state index contributed by atoms with van der Waals surface area (Å²) in [4.78, 5) is 11.2. The third-order valence-corrected chi connectivity index (χ3v) is 3.63. The number of ketones is 1. The van der Waals surface area contributed by atoms with Crippen molar-refractivity contribution in [2.45, 2.75) is 58.7 Å². The molecule has 1 aliphatic carbocycles. The predicted molar refractivity (Wildman–Crippen MR) is 69.8 cm³/mol. The van der Waals surface area contributed by atoms with Crippen molar-refractivity contribution in [3.8, 4) is 0 Å². The van der Waals surface area contributed by atoms with E-state index in [1.165, 1.54) is 32.1 Å². The van der Waals surface area contributed by atoms with Gasteiger partial charge in [0, 0.05) is 12.0 Å². The fourth-order valence-corrected chi connectivity index (χ4v) is 3.10. The minimum Gasteiger partial charge on any atom is -0.547 e. The van der Waals surface area contributed by atoms with E-state index in [2.05, 4.69) is 19.6 Å². The first kappa shape index (κ1) is 13.5.